The topological polar surface area (TPSA) is 101 Å². The van der Waals surface area contributed by atoms with Gasteiger partial charge in [0, 0.05) is 24.4 Å². The Balaban J connectivity index is 1.44. The van der Waals surface area contributed by atoms with E-state index in [1.807, 2.05) is 31.0 Å². The first-order chi connectivity index (χ1) is 16.4. The van der Waals surface area contributed by atoms with Gasteiger partial charge in [0.1, 0.15) is 17.9 Å². The Morgan fingerprint density at radius 3 is 2.69 bits per heavy atom. The number of nitrogens with zero attached hydrogens (tertiary/aromatic N) is 5. The van der Waals surface area contributed by atoms with Crippen molar-refractivity contribution in [3.63, 3.8) is 0 Å². The minimum absolute atomic E-state index is 0.110. The molecule has 3 aliphatic rings. The number of ether oxygens (including phenoxy) is 2. The molecule has 1 spiro atoms. The molecule has 5 heterocycles. The highest BCUT2D eigenvalue weighted by molar-refractivity contribution is 5.65. The summed E-state index contributed by atoms with van der Waals surface area (Å²) >= 11 is 0. The van der Waals surface area contributed by atoms with Crippen LogP contribution < -0.4 is 5.73 Å². The summed E-state index contributed by atoms with van der Waals surface area (Å²) in [6, 6.07) is 3.69. The summed E-state index contributed by atoms with van der Waals surface area (Å²) in [5, 5.41) is 14.8. The first kappa shape index (κ1) is 24.8. The third-order valence-corrected chi connectivity index (χ3v) is 7.95. The maximum Gasteiger partial charge on any atom is 0.262 e. The number of nitrogens with two attached hydrogens (primary N) is 1. The molecule has 0 saturated carbocycles. The summed E-state index contributed by atoms with van der Waals surface area (Å²) in [6.45, 7) is 6.88. The molecule has 3 N–H and O–H groups in total. The van der Waals surface area contributed by atoms with Gasteiger partial charge in [-0.1, -0.05) is 6.92 Å². The average Bonchev–Trinajstić information content (AvgIpc) is 3.38. The van der Waals surface area contributed by atoms with Crippen molar-refractivity contribution in [1.82, 2.24) is 24.4 Å². The van der Waals surface area contributed by atoms with Crippen LogP contribution in [0.4, 0.5) is 14.6 Å². The lowest BCUT2D eigenvalue weighted by molar-refractivity contribution is -0.221. The fourth-order valence-electron chi connectivity index (χ4n) is 6.11. The van der Waals surface area contributed by atoms with Crippen molar-refractivity contribution in [2.75, 3.05) is 39.0 Å². The van der Waals surface area contributed by atoms with E-state index in [-0.39, 0.29) is 25.0 Å². The smallest absolute Gasteiger partial charge is 0.262 e. The van der Waals surface area contributed by atoms with E-state index in [1.165, 1.54) is 6.33 Å². The zero-order chi connectivity index (χ0) is 25.2. The molecule has 11 heteroatoms. The van der Waals surface area contributed by atoms with Crippen molar-refractivity contribution in [3.8, 4) is 0 Å². The summed E-state index contributed by atoms with van der Waals surface area (Å²) < 4.78 is 43.7. The Labute approximate surface area is 204 Å². The van der Waals surface area contributed by atoms with Crippen molar-refractivity contribution >= 4 is 11.3 Å². The minimum atomic E-state index is -2.72. The van der Waals surface area contributed by atoms with Gasteiger partial charge in [0.2, 0.25) is 0 Å². The zero-order valence-corrected chi connectivity index (χ0v) is 20.8. The molecule has 2 aromatic heterocycles. The summed E-state index contributed by atoms with van der Waals surface area (Å²) in [5.74, 6) is -3.93. The van der Waals surface area contributed by atoms with Crippen LogP contribution >= 0.6 is 0 Å². The SMILES string of the molecule is C[C@H]1[C@@H](OC(C)(C)O)[C@H](c2ccc3c(N)ncnn23)O[C@@H]1CN1CC(F)(F)CC12CCN(C)CC2. The molecule has 194 valence electrons. The number of halogens is 2. The number of anilines is 1. The van der Waals surface area contributed by atoms with Crippen molar-refractivity contribution in [3.05, 3.63) is 24.2 Å². The monoisotopic (exact) mass is 494 g/mol. The van der Waals surface area contributed by atoms with Gasteiger partial charge in [-0.2, -0.15) is 5.10 Å². The van der Waals surface area contributed by atoms with Crippen molar-refractivity contribution in [2.45, 2.75) is 75.6 Å². The van der Waals surface area contributed by atoms with Crippen LogP contribution in [0, 0.1) is 5.92 Å². The van der Waals surface area contributed by atoms with Gasteiger partial charge in [0.05, 0.1) is 24.4 Å². The Kier molecular flexibility index (Phi) is 6.07. The van der Waals surface area contributed by atoms with E-state index in [1.54, 1.807) is 18.4 Å². The van der Waals surface area contributed by atoms with Crippen LogP contribution in [0.1, 0.15) is 51.8 Å². The number of fused-ring (bicyclic) bond motifs is 1. The maximum absolute atomic E-state index is 14.7. The molecule has 0 bridgehead atoms. The number of aromatic nitrogens is 3. The molecule has 0 aliphatic carbocycles. The number of piperidine rings is 1. The molecule has 5 rings (SSSR count). The summed E-state index contributed by atoms with van der Waals surface area (Å²) in [5.41, 5.74) is 6.86. The Bertz CT molecular complexity index is 1070. The lowest BCUT2D eigenvalue weighted by atomic mass is 9.84. The third kappa shape index (κ3) is 4.64. The van der Waals surface area contributed by atoms with Crippen LogP contribution in [-0.2, 0) is 9.47 Å². The molecule has 3 aliphatic heterocycles. The molecular weight excluding hydrogens is 458 g/mol. The van der Waals surface area contributed by atoms with E-state index in [0.29, 0.717) is 30.7 Å². The Hall–Kier alpha value is -1.92. The van der Waals surface area contributed by atoms with E-state index in [9.17, 15) is 13.9 Å². The molecular formula is C24H36F2N6O3. The Morgan fingerprint density at radius 2 is 2.00 bits per heavy atom. The zero-order valence-electron chi connectivity index (χ0n) is 20.8. The van der Waals surface area contributed by atoms with Gasteiger partial charge in [-0.05, 0) is 59.0 Å². The van der Waals surface area contributed by atoms with E-state index in [4.69, 9.17) is 15.2 Å². The van der Waals surface area contributed by atoms with Gasteiger partial charge in [0.25, 0.3) is 5.92 Å². The van der Waals surface area contributed by atoms with Crippen LogP contribution in [0.5, 0.6) is 0 Å². The lowest BCUT2D eigenvalue weighted by Crippen LogP contribution is -2.53. The predicted octanol–water partition coefficient (Wildman–Crippen LogP) is 2.31. The van der Waals surface area contributed by atoms with E-state index >= 15 is 0 Å². The molecule has 2 aromatic rings. The van der Waals surface area contributed by atoms with E-state index in [2.05, 4.69) is 15.0 Å². The third-order valence-electron chi connectivity index (χ3n) is 7.95. The van der Waals surface area contributed by atoms with Gasteiger partial charge in [0.15, 0.2) is 11.6 Å². The summed E-state index contributed by atoms with van der Waals surface area (Å²) in [4.78, 5) is 8.20. The molecule has 9 nitrogen and oxygen atoms in total. The molecule has 0 aromatic carbocycles. The normalized spacial score (nSPS) is 31.6. The number of alkyl halides is 2. The lowest BCUT2D eigenvalue weighted by Gasteiger charge is -2.44. The fraction of sp³-hybridized carbons (Fsp3) is 0.750. The first-order valence-corrected chi connectivity index (χ1v) is 12.3. The quantitative estimate of drug-likeness (QED) is 0.611. The molecule has 3 saturated heterocycles. The van der Waals surface area contributed by atoms with Gasteiger partial charge < -0.3 is 25.2 Å². The molecule has 0 radical (unpaired) electrons. The number of aliphatic hydroxyl groups is 1. The molecule has 0 unspecified atom stereocenters. The minimum Gasteiger partial charge on any atom is -0.382 e. The number of hydrogen-bond donors (Lipinski definition) is 2. The van der Waals surface area contributed by atoms with Crippen molar-refractivity contribution in [2.24, 2.45) is 5.92 Å². The van der Waals surface area contributed by atoms with Crippen molar-refractivity contribution < 1.29 is 23.4 Å². The summed E-state index contributed by atoms with van der Waals surface area (Å²) in [7, 11) is 2.04. The Morgan fingerprint density at radius 1 is 1.29 bits per heavy atom. The van der Waals surface area contributed by atoms with Crippen LogP contribution in [0.15, 0.2) is 18.5 Å². The van der Waals surface area contributed by atoms with E-state index in [0.717, 1.165) is 18.8 Å². The first-order valence-electron chi connectivity index (χ1n) is 12.3. The van der Waals surface area contributed by atoms with Crippen LogP contribution in [0.25, 0.3) is 5.52 Å². The van der Waals surface area contributed by atoms with Gasteiger partial charge in [-0.25, -0.2) is 18.3 Å². The van der Waals surface area contributed by atoms with Gasteiger partial charge >= 0.3 is 0 Å². The number of hydrogen-bond acceptors (Lipinski definition) is 8. The maximum atomic E-state index is 14.7. The number of rotatable bonds is 5. The van der Waals surface area contributed by atoms with Crippen LogP contribution in [0.3, 0.4) is 0 Å². The highest BCUT2D eigenvalue weighted by atomic mass is 19.3. The van der Waals surface area contributed by atoms with Crippen molar-refractivity contribution in [1.29, 1.82) is 0 Å². The average molecular weight is 495 g/mol. The van der Waals surface area contributed by atoms with Gasteiger partial charge in [-0.15, -0.1) is 0 Å². The molecule has 0 amide bonds. The highest BCUT2D eigenvalue weighted by Gasteiger charge is 2.57. The number of likely N-dealkylation sites (tertiary alicyclic amines) is 2. The largest absolute Gasteiger partial charge is 0.382 e. The van der Waals surface area contributed by atoms with E-state index < -0.39 is 29.5 Å². The standard InChI is InChI=1S/C24H36F2N6O3/c1-15-18(11-31-13-24(25,26)12-23(31)7-9-30(4)10-8-23)34-20(19(15)35-22(2,3)33)16-5-6-17-21(27)28-14-29-32(16)17/h5-6,14-15,18-20,33H,7-13H2,1-4H3,(H2,27,28,29)/t15-,18-,19-,20+/m1/s1. The van der Waals surface area contributed by atoms with Gasteiger partial charge in [-0.3, -0.25) is 4.90 Å². The highest BCUT2D eigenvalue weighted by Crippen LogP contribution is 2.48. The number of nitrogen functional groups attached to an aromatic ring is 1. The molecule has 3 fully saturated rings. The predicted molar refractivity (Wildman–Crippen MR) is 126 cm³/mol. The second kappa shape index (κ2) is 8.58. The molecule has 35 heavy (non-hydrogen) atoms. The molecule has 4 atom stereocenters. The summed E-state index contributed by atoms with van der Waals surface area (Å²) in [6.07, 6.45) is 1.27. The fourth-order valence-corrected chi connectivity index (χ4v) is 6.11. The van der Waals surface area contributed by atoms with Crippen LogP contribution in [-0.4, -0.2) is 92.2 Å². The second-order valence-electron chi connectivity index (χ2n) is 11.1. The van der Waals surface area contributed by atoms with Crippen LogP contribution in [0.2, 0.25) is 0 Å². The second-order valence-corrected chi connectivity index (χ2v) is 11.1.